The maximum atomic E-state index is 11.7. The first-order valence-corrected chi connectivity index (χ1v) is 9.24. The van der Waals surface area contributed by atoms with Crippen molar-refractivity contribution < 1.29 is 4.79 Å². The van der Waals surface area contributed by atoms with Crippen molar-refractivity contribution in [3.05, 3.63) is 6.20 Å². The summed E-state index contributed by atoms with van der Waals surface area (Å²) in [6, 6.07) is 0. The minimum absolute atomic E-state index is 0.159. The Bertz CT molecular complexity index is 697. The zero-order chi connectivity index (χ0) is 16.2. The van der Waals surface area contributed by atoms with Crippen molar-refractivity contribution in [2.24, 2.45) is 5.92 Å². The second kappa shape index (κ2) is 7.16. The number of fused-ring (bicyclic) bond motifs is 1. The number of nitrogens with zero attached hydrogens (tertiary/aromatic N) is 4. The van der Waals surface area contributed by atoms with Gasteiger partial charge >= 0.3 is 0 Å². The van der Waals surface area contributed by atoms with E-state index in [2.05, 4.69) is 32.6 Å². The molecule has 1 fully saturated rings. The molecule has 124 valence electrons. The molecule has 3 rings (SSSR count). The third kappa shape index (κ3) is 3.74. The predicted molar refractivity (Wildman–Crippen MR) is 91.6 cm³/mol. The first kappa shape index (κ1) is 16.0. The molecule has 0 bridgehead atoms. The van der Waals surface area contributed by atoms with Gasteiger partial charge in [0.2, 0.25) is 5.91 Å². The van der Waals surface area contributed by atoms with Crippen molar-refractivity contribution >= 4 is 34.5 Å². The van der Waals surface area contributed by atoms with E-state index in [1.54, 1.807) is 6.20 Å². The van der Waals surface area contributed by atoms with Crippen LogP contribution < -0.4 is 10.6 Å². The van der Waals surface area contributed by atoms with E-state index in [0.717, 1.165) is 47.8 Å². The van der Waals surface area contributed by atoms with E-state index in [-0.39, 0.29) is 11.8 Å². The Hall–Kier alpha value is -1.83. The lowest BCUT2D eigenvalue weighted by molar-refractivity contribution is -0.122. The second-order valence-corrected chi connectivity index (χ2v) is 6.43. The number of amides is 1. The molecule has 0 aromatic carbocycles. The molecular weight excluding hydrogens is 312 g/mol. The highest BCUT2D eigenvalue weighted by atomic mass is 32.2. The van der Waals surface area contributed by atoms with Crippen molar-refractivity contribution in [3.8, 4) is 0 Å². The molecule has 1 saturated carbocycles. The fraction of sp³-hybridized carbons (Fsp3) is 0.600. The van der Waals surface area contributed by atoms with Crippen LogP contribution in [-0.4, -0.2) is 45.0 Å². The number of hydrogen-bond acceptors (Lipinski definition) is 6. The molecule has 2 N–H and O–H groups in total. The monoisotopic (exact) mass is 334 g/mol. The average molecular weight is 334 g/mol. The van der Waals surface area contributed by atoms with Gasteiger partial charge in [-0.1, -0.05) is 18.7 Å². The Morgan fingerprint density at radius 1 is 1.39 bits per heavy atom. The number of carbonyl (C=O) groups is 1. The van der Waals surface area contributed by atoms with Gasteiger partial charge < -0.3 is 10.6 Å². The summed E-state index contributed by atoms with van der Waals surface area (Å²) in [5.41, 5.74) is 0.809. The zero-order valence-corrected chi connectivity index (χ0v) is 14.3. The summed E-state index contributed by atoms with van der Waals surface area (Å²) in [5.74, 6) is 1.22. The summed E-state index contributed by atoms with van der Waals surface area (Å²) in [5, 5.41) is 12.4. The van der Waals surface area contributed by atoms with Gasteiger partial charge in [0, 0.05) is 19.0 Å². The van der Waals surface area contributed by atoms with E-state index in [9.17, 15) is 4.79 Å². The first-order chi connectivity index (χ1) is 11.2. The number of anilines is 1. The maximum Gasteiger partial charge on any atom is 0.223 e. The smallest absolute Gasteiger partial charge is 0.223 e. The van der Waals surface area contributed by atoms with Crippen molar-refractivity contribution in [3.63, 3.8) is 0 Å². The largest absolute Gasteiger partial charge is 0.369 e. The number of nitrogens with one attached hydrogen (secondary N) is 2. The van der Waals surface area contributed by atoms with Crippen LogP contribution in [0.15, 0.2) is 11.4 Å². The van der Waals surface area contributed by atoms with Crippen LogP contribution in [0.4, 0.5) is 5.82 Å². The van der Waals surface area contributed by atoms with Gasteiger partial charge in [-0.2, -0.15) is 5.10 Å². The summed E-state index contributed by atoms with van der Waals surface area (Å²) in [6.45, 7) is 4.16. The Balaban J connectivity index is 1.75. The molecule has 0 atom stereocenters. The van der Waals surface area contributed by atoms with Crippen molar-refractivity contribution in [1.29, 1.82) is 0 Å². The van der Waals surface area contributed by atoms with Gasteiger partial charge in [0.15, 0.2) is 10.8 Å². The lowest BCUT2D eigenvalue weighted by Crippen LogP contribution is -2.28. The van der Waals surface area contributed by atoms with Gasteiger partial charge in [-0.3, -0.25) is 4.79 Å². The molecular formula is C15H22N6OS. The molecule has 0 spiro atoms. The Labute approximate surface area is 139 Å². The topological polar surface area (TPSA) is 84.7 Å². The summed E-state index contributed by atoms with van der Waals surface area (Å²) >= 11 is 1.51. The molecule has 1 aliphatic rings. The average Bonchev–Trinajstić information content (AvgIpc) is 3.34. The third-order valence-corrected chi connectivity index (χ3v) is 4.32. The highest BCUT2D eigenvalue weighted by molar-refractivity contribution is 7.98. The lowest BCUT2D eigenvalue weighted by atomic mass is 10.3. The highest BCUT2D eigenvalue weighted by Gasteiger charge is 2.29. The summed E-state index contributed by atoms with van der Waals surface area (Å²) in [4.78, 5) is 20.8. The van der Waals surface area contributed by atoms with Crippen molar-refractivity contribution in [1.82, 2.24) is 25.1 Å². The SMILES string of the molecule is CCCNc1nc(SC)nc2c1cnn2CCNC(=O)C1CC1. The van der Waals surface area contributed by atoms with E-state index in [0.29, 0.717) is 13.1 Å². The van der Waals surface area contributed by atoms with Crippen LogP contribution in [0, 0.1) is 5.92 Å². The molecule has 0 radical (unpaired) electrons. The van der Waals surface area contributed by atoms with E-state index in [4.69, 9.17) is 0 Å². The molecule has 1 aliphatic carbocycles. The van der Waals surface area contributed by atoms with Crippen LogP contribution in [0.25, 0.3) is 11.0 Å². The molecule has 23 heavy (non-hydrogen) atoms. The van der Waals surface area contributed by atoms with Gasteiger partial charge in [0.1, 0.15) is 5.82 Å². The lowest BCUT2D eigenvalue weighted by Gasteiger charge is -2.08. The standard InChI is InChI=1S/C15H22N6OS/c1-3-6-16-12-11-9-18-21(13(11)20-15(19-12)23-2)8-7-17-14(22)10-4-5-10/h9-10H,3-8H2,1-2H3,(H,17,22)(H,16,19,20). The van der Waals surface area contributed by atoms with Gasteiger partial charge in [0.05, 0.1) is 18.1 Å². The fourth-order valence-corrected chi connectivity index (χ4v) is 2.70. The third-order valence-electron chi connectivity index (χ3n) is 3.77. The number of thioether (sulfide) groups is 1. The Kier molecular flexibility index (Phi) is 5.00. The molecule has 0 aliphatic heterocycles. The second-order valence-electron chi connectivity index (χ2n) is 5.66. The van der Waals surface area contributed by atoms with Gasteiger partial charge in [-0.15, -0.1) is 0 Å². The predicted octanol–water partition coefficient (Wildman–Crippen LogP) is 1.90. The van der Waals surface area contributed by atoms with Crippen LogP contribution in [0.1, 0.15) is 26.2 Å². The number of carbonyl (C=O) groups excluding carboxylic acids is 1. The van der Waals surface area contributed by atoms with Crippen molar-refractivity contribution in [2.45, 2.75) is 37.9 Å². The molecule has 2 heterocycles. The highest BCUT2D eigenvalue weighted by Crippen LogP contribution is 2.28. The summed E-state index contributed by atoms with van der Waals surface area (Å²) < 4.78 is 1.83. The normalized spacial score (nSPS) is 14.2. The van der Waals surface area contributed by atoms with Crippen LogP contribution in [-0.2, 0) is 11.3 Å². The van der Waals surface area contributed by atoms with E-state index in [1.807, 2.05) is 10.9 Å². The molecule has 7 nitrogen and oxygen atoms in total. The molecule has 0 saturated heterocycles. The number of hydrogen-bond donors (Lipinski definition) is 2. The minimum atomic E-state index is 0.159. The minimum Gasteiger partial charge on any atom is -0.369 e. The molecule has 2 aromatic rings. The molecule has 8 heteroatoms. The number of rotatable bonds is 8. The van der Waals surface area contributed by atoms with Crippen LogP contribution in [0.2, 0.25) is 0 Å². The van der Waals surface area contributed by atoms with E-state index >= 15 is 0 Å². The fourth-order valence-electron chi connectivity index (χ4n) is 2.34. The first-order valence-electron chi connectivity index (χ1n) is 8.02. The van der Waals surface area contributed by atoms with Crippen LogP contribution in [0.3, 0.4) is 0 Å². The van der Waals surface area contributed by atoms with Crippen LogP contribution in [0.5, 0.6) is 0 Å². The molecule has 1 amide bonds. The summed E-state index contributed by atoms with van der Waals surface area (Å²) in [7, 11) is 0. The number of aromatic nitrogens is 4. The van der Waals surface area contributed by atoms with E-state index in [1.165, 1.54) is 11.8 Å². The zero-order valence-electron chi connectivity index (χ0n) is 13.5. The van der Waals surface area contributed by atoms with Gasteiger partial charge in [0.25, 0.3) is 0 Å². The Morgan fingerprint density at radius 3 is 2.91 bits per heavy atom. The molecule has 0 unspecified atom stereocenters. The van der Waals surface area contributed by atoms with Gasteiger partial charge in [-0.05, 0) is 25.5 Å². The van der Waals surface area contributed by atoms with E-state index < -0.39 is 0 Å². The van der Waals surface area contributed by atoms with Crippen molar-refractivity contribution in [2.75, 3.05) is 24.7 Å². The quantitative estimate of drug-likeness (QED) is 0.566. The van der Waals surface area contributed by atoms with Crippen LogP contribution >= 0.6 is 11.8 Å². The van der Waals surface area contributed by atoms with Gasteiger partial charge in [-0.25, -0.2) is 14.6 Å². The maximum absolute atomic E-state index is 11.7. The molecule has 2 aromatic heterocycles. The summed E-state index contributed by atoms with van der Waals surface area (Å²) in [6.07, 6.45) is 6.82. The Morgan fingerprint density at radius 2 is 2.22 bits per heavy atom.